The molecule has 23 heteroatoms. The van der Waals surface area contributed by atoms with Crippen molar-refractivity contribution in [3.63, 3.8) is 0 Å². The second kappa shape index (κ2) is 25.0. The van der Waals surface area contributed by atoms with Crippen LogP contribution in [0.3, 0.4) is 0 Å². The van der Waals surface area contributed by atoms with E-state index in [4.69, 9.17) is 32.7 Å². The fraction of sp³-hybridized carbons (Fsp3) is 0.115. The van der Waals surface area contributed by atoms with Crippen LogP contribution in [-0.2, 0) is 33.1 Å². The van der Waals surface area contributed by atoms with Gasteiger partial charge in [-0.1, -0.05) is 116 Å². The summed E-state index contributed by atoms with van der Waals surface area (Å²) < 4.78 is 77.6. The van der Waals surface area contributed by atoms with Crippen LogP contribution in [0, 0.1) is 0 Å². The number of rotatable bonds is 14. The van der Waals surface area contributed by atoms with Gasteiger partial charge in [-0.2, -0.15) is 21.9 Å². The van der Waals surface area contributed by atoms with Crippen LogP contribution in [0.15, 0.2) is 169 Å². The fourth-order valence-corrected chi connectivity index (χ4v) is 9.47. The normalized spacial score (nSPS) is 11.9. The third-order valence-electron chi connectivity index (χ3n) is 11.2. The summed E-state index contributed by atoms with van der Waals surface area (Å²) in [4.78, 5) is 16.1. The van der Waals surface area contributed by atoms with Gasteiger partial charge in [0, 0.05) is 20.8 Å². The molecule has 8 aromatic carbocycles. The number of azo groups is 2. The molecule has 0 bridgehead atoms. The Bertz CT molecular complexity index is 3830. The van der Waals surface area contributed by atoms with Crippen molar-refractivity contribution in [1.29, 1.82) is 0 Å². The molecule has 18 nitrogen and oxygen atoms in total. The number of aliphatic imine (C=N–C) groups is 1. The number of para-hydroxylation sites is 4. The number of amides is 1. The number of phenolic OH excluding ortho intramolecular Hbond substituents is 1. The second-order valence-electron chi connectivity index (χ2n) is 15.8. The number of phenols is 1. The van der Waals surface area contributed by atoms with Crippen LogP contribution in [0.4, 0.5) is 34.1 Å². The van der Waals surface area contributed by atoms with Gasteiger partial charge >= 0.3 is 48.9 Å². The van der Waals surface area contributed by atoms with E-state index < -0.39 is 53.3 Å². The largest absolute Gasteiger partial charge is 2.00 e. The first-order valence-corrected chi connectivity index (χ1v) is 25.7. The summed E-state index contributed by atoms with van der Waals surface area (Å²) >= 11 is 12.2. The first kappa shape index (κ1) is 57.9. The van der Waals surface area contributed by atoms with Crippen LogP contribution in [0.5, 0.6) is 23.0 Å². The molecule has 1 amide bonds. The van der Waals surface area contributed by atoms with E-state index in [9.17, 15) is 46.1 Å². The predicted molar refractivity (Wildman–Crippen MR) is 285 cm³/mol. The average molecular weight is 1220 g/mol. The Balaban J connectivity index is 0.000000241. The zero-order valence-corrected chi connectivity index (χ0v) is 47.7. The molecule has 0 aliphatic rings. The maximum Gasteiger partial charge on any atom is 2.00 e. The number of aryl methyl sites for hydroxylation is 2. The maximum absolute atomic E-state index is 13.4. The maximum atomic E-state index is 13.4. The molecule has 0 atom stereocenters. The monoisotopic (exact) mass is 1210 g/mol. The molecule has 0 aromatic heterocycles. The van der Waals surface area contributed by atoms with Gasteiger partial charge in [0.1, 0.15) is 44.0 Å². The van der Waals surface area contributed by atoms with Crippen molar-refractivity contribution in [2.75, 3.05) is 19.5 Å². The van der Waals surface area contributed by atoms with Crippen LogP contribution in [0.2, 0.25) is 10.0 Å². The Hall–Kier alpha value is -6.41. The number of methoxy groups -OCH3 is 2. The molecular formula is C52H42BaCl2N6O12S2. The number of hydrogen-bond donors (Lipinski definition) is 4. The van der Waals surface area contributed by atoms with E-state index in [1.807, 2.05) is 6.92 Å². The van der Waals surface area contributed by atoms with E-state index in [1.165, 1.54) is 38.5 Å². The van der Waals surface area contributed by atoms with E-state index in [0.29, 0.717) is 62.7 Å². The number of hydrogen-bond acceptors (Lipinski definition) is 15. The quantitative estimate of drug-likeness (QED) is 0.0260. The van der Waals surface area contributed by atoms with E-state index >= 15 is 0 Å². The van der Waals surface area contributed by atoms with E-state index in [1.54, 1.807) is 104 Å². The Morgan fingerprint density at radius 3 is 1.59 bits per heavy atom. The van der Waals surface area contributed by atoms with Crippen LogP contribution < -0.4 is 25.0 Å². The zero-order valence-electron chi connectivity index (χ0n) is 40.1. The molecule has 0 saturated carbocycles. The van der Waals surface area contributed by atoms with Gasteiger partial charge in [0.25, 0.3) is 26.1 Å². The number of nitrogens with one attached hydrogen (secondary N) is 1. The molecule has 380 valence electrons. The average Bonchev–Trinajstić information content (AvgIpc) is 3.38. The first-order valence-electron chi connectivity index (χ1n) is 22.0. The summed E-state index contributed by atoms with van der Waals surface area (Å²) in [6.45, 7) is 3.62. The van der Waals surface area contributed by atoms with Gasteiger partial charge < -0.3 is 30.1 Å². The van der Waals surface area contributed by atoms with Crippen molar-refractivity contribution in [2.45, 2.75) is 36.5 Å². The molecule has 0 radical (unpaired) electrons. The van der Waals surface area contributed by atoms with Gasteiger partial charge in [0.2, 0.25) is 0 Å². The fourth-order valence-electron chi connectivity index (χ4n) is 7.48. The third-order valence-corrected chi connectivity index (χ3v) is 13.7. The van der Waals surface area contributed by atoms with Gasteiger partial charge in [-0.05, 0) is 107 Å². The van der Waals surface area contributed by atoms with Crippen molar-refractivity contribution in [3.8, 4) is 23.0 Å². The van der Waals surface area contributed by atoms with Gasteiger partial charge in [-0.15, -0.1) is 15.3 Å². The van der Waals surface area contributed by atoms with Crippen molar-refractivity contribution in [3.05, 3.63) is 166 Å². The van der Waals surface area contributed by atoms with E-state index in [-0.39, 0.29) is 98.5 Å². The van der Waals surface area contributed by atoms with Crippen molar-refractivity contribution in [1.82, 2.24) is 0 Å². The number of carbonyl (C=O) groups excluding carboxylic acids is 1. The van der Waals surface area contributed by atoms with Crippen LogP contribution in [-0.4, -0.2) is 106 Å². The van der Waals surface area contributed by atoms with Crippen molar-refractivity contribution >= 4 is 160 Å². The van der Waals surface area contributed by atoms with Crippen molar-refractivity contribution < 1.29 is 55.5 Å². The van der Waals surface area contributed by atoms with Gasteiger partial charge in [-0.3, -0.25) is 18.9 Å². The molecule has 0 heterocycles. The number of anilines is 1. The number of aromatic hydroxyl groups is 1. The molecule has 0 aliphatic carbocycles. The minimum atomic E-state index is -4.70. The molecule has 8 aromatic rings. The standard InChI is InChI=1S/2C26H22ClN3O6S.Ba/c2*1-3-15-13-21(23(14-19(15)27)37(33,34)35)29-30-24-17-9-5-4-8-16(17)12-18(25(24)31)26(32)28-20-10-6-7-11-22(20)36-2;/h2*4-14,31H,3H2,1-2H3,(H,28,32)(H,33,34,35);/q;;+2/p-2. The molecule has 0 aliphatic heterocycles. The molecule has 75 heavy (non-hydrogen) atoms. The Morgan fingerprint density at radius 1 is 0.613 bits per heavy atom. The Kier molecular flexibility index (Phi) is 19.3. The molecule has 0 spiro atoms. The minimum Gasteiger partial charge on any atom is -0.871 e. The zero-order chi connectivity index (χ0) is 53.5. The number of benzene rings is 8. The van der Waals surface area contributed by atoms with Crippen LogP contribution >= 0.6 is 23.2 Å². The number of ether oxygens (including phenoxy) is 2. The number of fused-ring (bicyclic) bond motifs is 2. The first-order chi connectivity index (χ1) is 35.3. The summed E-state index contributed by atoms with van der Waals surface area (Å²) in [5.74, 6) is -1.85. The summed E-state index contributed by atoms with van der Waals surface area (Å²) in [5, 5.41) is 58.7. The summed E-state index contributed by atoms with van der Waals surface area (Å²) in [6.07, 6.45) is 0.928. The third kappa shape index (κ3) is 13.3. The summed E-state index contributed by atoms with van der Waals surface area (Å²) in [7, 11) is -6.47. The topological polar surface area (TPSA) is 284 Å². The number of nitrogens with zero attached hydrogens (tertiary/aromatic N) is 5. The molecule has 0 fully saturated rings. The molecular weight excluding hydrogens is 1170 g/mol. The SMILES string of the molecule is CCc1cc(N=Nc2c(O)c(C(=O)Nc3ccccc3OC)cc3ccccc23)c(S(=O)(=O)O)cc1Cl.CCc1cc(N=Nc2c([O-])c(C([O-])=Nc3ccccc3OC)cc3ccccc23)c(S(=O)(=O)O)cc1Cl.[Ba+2]. The van der Waals surface area contributed by atoms with Crippen molar-refractivity contribution in [2.24, 2.45) is 25.4 Å². The Morgan fingerprint density at radius 2 is 1.07 bits per heavy atom. The Labute approximate surface area is 481 Å². The summed E-state index contributed by atoms with van der Waals surface area (Å²) in [5.41, 5.74) is 0.838. The van der Waals surface area contributed by atoms with E-state index in [2.05, 4.69) is 30.8 Å². The predicted octanol–water partition coefficient (Wildman–Crippen LogP) is 11.5. The van der Waals surface area contributed by atoms with Gasteiger partial charge in [0.05, 0.1) is 31.2 Å². The van der Waals surface area contributed by atoms with Gasteiger partial charge in [-0.25, -0.2) is 0 Å². The summed E-state index contributed by atoms with van der Waals surface area (Å²) in [6, 6.07) is 34.9. The van der Waals surface area contributed by atoms with Gasteiger partial charge in [0.15, 0.2) is 5.75 Å². The molecule has 8 rings (SSSR count). The molecule has 4 N–H and O–H groups in total. The second-order valence-corrected chi connectivity index (χ2v) is 19.4. The van der Waals surface area contributed by atoms with E-state index in [0.717, 1.165) is 12.1 Å². The van der Waals surface area contributed by atoms with Crippen LogP contribution in [0.25, 0.3) is 21.5 Å². The number of carbonyl (C=O) groups is 1. The van der Waals surface area contributed by atoms with Crippen LogP contribution in [0.1, 0.15) is 40.9 Å². The smallest absolute Gasteiger partial charge is 0.871 e. The molecule has 0 saturated heterocycles. The number of halogens is 2. The molecule has 0 unspecified atom stereocenters. The minimum absolute atomic E-state index is 0.